The second-order valence-corrected chi connectivity index (χ2v) is 3.34. The Kier molecular flexibility index (Phi) is 4.97. The first-order valence-electron chi connectivity index (χ1n) is 4.76. The zero-order valence-corrected chi connectivity index (χ0v) is 8.21. The molecular formula is C9H18N2O2. The van der Waals surface area contributed by atoms with E-state index in [4.69, 9.17) is 4.74 Å². The van der Waals surface area contributed by atoms with Crippen LogP contribution in [0.3, 0.4) is 0 Å². The fourth-order valence-corrected chi connectivity index (χ4v) is 1.47. The summed E-state index contributed by atoms with van der Waals surface area (Å²) in [6, 6.07) is 0. The van der Waals surface area contributed by atoms with E-state index in [1.54, 1.807) is 7.11 Å². The van der Waals surface area contributed by atoms with Gasteiger partial charge >= 0.3 is 0 Å². The van der Waals surface area contributed by atoms with Gasteiger partial charge in [-0.25, -0.2) is 0 Å². The first-order valence-corrected chi connectivity index (χ1v) is 4.76. The molecule has 1 fully saturated rings. The van der Waals surface area contributed by atoms with Gasteiger partial charge in [-0.1, -0.05) is 0 Å². The Morgan fingerprint density at radius 2 is 2.46 bits per heavy atom. The van der Waals surface area contributed by atoms with Crippen molar-refractivity contribution in [3.05, 3.63) is 0 Å². The van der Waals surface area contributed by atoms with Crippen LogP contribution in [0.2, 0.25) is 0 Å². The Morgan fingerprint density at radius 1 is 1.62 bits per heavy atom. The van der Waals surface area contributed by atoms with Crippen LogP contribution < -0.4 is 5.32 Å². The van der Waals surface area contributed by atoms with Gasteiger partial charge in [-0.15, -0.1) is 0 Å². The largest absolute Gasteiger partial charge is 0.385 e. The molecule has 0 saturated carbocycles. The highest BCUT2D eigenvalue weighted by Crippen LogP contribution is 1.94. The maximum Gasteiger partial charge on any atom is 0.160 e. The number of nitrogens with one attached hydrogen (secondary N) is 1. The Morgan fingerprint density at radius 3 is 3.23 bits per heavy atom. The van der Waals surface area contributed by atoms with Crippen LogP contribution in [0.15, 0.2) is 0 Å². The van der Waals surface area contributed by atoms with Crippen molar-refractivity contribution in [2.45, 2.75) is 6.42 Å². The predicted molar refractivity (Wildman–Crippen MR) is 50.8 cm³/mol. The summed E-state index contributed by atoms with van der Waals surface area (Å²) in [4.78, 5) is 13.4. The summed E-state index contributed by atoms with van der Waals surface area (Å²) in [6.07, 6.45) is 1.00. The van der Waals surface area contributed by atoms with Gasteiger partial charge in [-0.2, -0.15) is 0 Å². The maximum atomic E-state index is 11.2. The van der Waals surface area contributed by atoms with Crippen molar-refractivity contribution in [3.8, 4) is 0 Å². The van der Waals surface area contributed by atoms with Crippen LogP contribution in [0.4, 0.5) is 0 Å². The van der Waals surface area contributed by atoms with Crippen LogP contribution in [0.1, 0.15) is 6.42 Å². The second-order valence-electron chi connectivity index (χ2n) is 3.34. The summed E-state index contributed by atoms with van der Waals surface area (Å²) in [6.45, 7) is 4.74. The molecule has 1 heterocycles. The highest BCUT2D eigenvalue weighted by Gasteiger charge is 2.13. The third-order valence-corrected chi connectivity index (χ3v) is 2.15. The van der Waals surface area contributed by atoms with Gasteiger partial charge in [-0.05, 0) is 6.42 Å². The Labute approximate surface area is 79.2 Å². The van der Waals surface area contributed by atoms with E-state index in [-0.39, 0.29) is 5.78 Å². The van der Waals surface area contributed by atoms with Crippen LogP contribution in [-0.4, -0.2) is 57.1 Å². The number of carbonyl (C=O) groups excluding carboxylic acids is 1. The molecule has 0 amide bonds. The summed E-state index contributed by atoms with van der Waals surface area (Å²) in [5.74, 6) is 0.287. The monoisotopic (exact) mass is 186 g/mol. The minimum absolute atomic E-state index is 0.287. The molecule has 1 rings (SSSR count). The molecule has 0 aromatic carbocycles. The van der Waals surface area contributed by atoms with Gasteiger partial charge in [-0.3, -0.25) is 9.69 Å². The summed E-state index contributed by atoms with van der Waals surface area (Å²) in [5, 5.41) is 3.09. The van der Waals surface area contributed by atoms with Gasteiger partial charge in [0.05, 0.1) is 13.1 Å². The number of ketones is 1. The smallest absolute Gasteiger partial charge is 0.160 e. The van der Waals surface area contributed by atoms with E-state index in [1.807, 2.05) is 0 Å². The molecule has 1 aliphatic rings. The predicted octanol–water partition coefficient (Wildman–Crippen LogP) is -0.503. The number of ether oxygens (including phenoxy) is 1. The maximum absolute atomic E-state index is 11.2. The number of nitrogens with zero attached hydrogens (tertiary/aromatic N) is 1. The highest BCUT2D eigenvalue weighted by atomic mass is 16.5. The Balaban J connectivity index is 2.19. The number of Topliss-reactive ketones (excluding diaryl/α,β-unsaturated/α-hetero) is 1. The van der Waals surface area contributed by atoms with Crippen molar-refractivity contribution in [2.24, 2.45) is 0 Å². The lowest BCUT2D eigenvalue weighted by molar-refractivity contribution is -0.118. The van der Waals surface area contributed by atoms with Crippen LogP contribution in [0, 0.1) is 0 Å². The lowest BCUT2D eigenvalue weighted by atomic mass is 10.3. The van der Waals surface area contributed by atoms with E-state index in [2.05, 4.69) is 10.2 Å². The van der Waals surface area contributed by atoms with E-state index in [9.17, 15) is 4.79 Å². The minimum atomic E-state index is 0.287. The van der Waals surface area contributed by atoms with Crippen molar-refractivity contribution >= 4 is 5.78 Å². The van der Waals surface area contributed by atoms with Gasteiger partial charge in [0.15, 0.2) is 5.78 Å². The quantitative estimate of drug-likeness (QED) is 0.601. The molecule has 0 aliphatic carbocycles. The van der Waals surface area contributed by atoms with Crippen LogP contribution >= 0.6 is 0 Å². The molecule has 0 radical (unpaired) electrons. The summed E-state index contributed by atoms with van der Waals surface area (Å²) >= 11 is 0. The zero-order chi connectivity index (χ0) is 9.52. The Hall–Kier alpha value is -0.450. The molecular weight excluding hydrogens is 168 g/mol. The number of rotatable bonds is 4. The van der Waals surface area contributed by atoms with Crippen molar-refractivity contribution in [3.63, 3.8) is 0 Å². The summed E-state index contributed by atoms with van der Waals surface area (Å²) < 4.78 is 4.96. The highest BCUT2D eigenvalue weighted by molar-refractivity contribution is 5.82. The normalized spacial score (nSPS) is 20.2. The molecule has 76 valence electrons. The average Bonchev–Trinajstić information content (AvgIpc) is 2.31. The molecule has 0 aromatic rings. The van der Waals surface area contributed by atoms with Gasteiger partial charge in [0.2, 0.25) is 0 Å². The van der Waals surface area contributed by atoms with Gasteiger partial charge in [0.25, 0.3) is 0 Å². The summed E-state index contributed by atoms with van der Waals surface area (Å²) in [5.41, 5.74) is 0. The van der Waals surface area contributed by atoms with Gasteiger partial charge < -0.3 is 10.1 Å². The number of hydrogen-bond acceptors (Lipinski definition) is 4. The van der Waals surface area contributed by atoms with Gasteiger partial charge in [0, 0.05) is 33.4 Å². The van der Waals surface area contributed by atoms with Crippen molar-refractivity contribution < 1.29 is 9.53 Å². The van der Waals surface area contributed by atoms with E-state index >= 15 is 0 Å². The fraction of sp³-hybridized carbons (Fsp3) is 0.889. The zero-order valence-electron chi connectivity index (χ0n) is 8.21. The van der Waals surface area contributed by atoms with E-state index in [0.717, 1.165) is 32.7 Å². The minimum Gasteiger partial charge on any atom is -0.385 e. The molecule has 1 aliphatic heterocycles. The third-order valence-electron chi connectivity index (χ3n) is 2.15. The SMILES string of the molecule is COCCCN1CCNCC(=O)C1. The van der Waals surface area contributed by atoms with Crippen LogP contribution in [-0.2, 0) is 9.53 Å². The number of hydrogen-bond donors (Lipinski definition) is 1. The molecule has 0 unspecified atom stereocenters. The van der Waals surface area contributed by atoms with Crippen LogP contribution in [0.5, 0.6) is 0 Å². The molecule has 1 saturated heterocycles. The van der Waals surface area contributed by atoms with Crippen molar-refractivity contribution in [1.29, 1.82) is 0 Å². The number of carbonyl (C=O) groups is 1. The van der Waals surface area contributed by atoms with Crippen LogP contribution in [0.25, 0.3) is 0 Å². The van der Waals surface area contributed by atoms with E-state index < -0.39 is 0 Å². The lowest BCUT2D eigenvalue weighted by Gasteiger charge is -2.17. The Bertz CT molecular complexity index is 162. The molecule has 0 aromatic heterocycles. The van der Waals surface area contributed by atoms with E-state index in [0.29, 0.717) is 13.1 Å². The molecule has 4 nitrogen and oxygen atoms in total. The molecule has 1 N–H and O–H groups in total. The average molecular weight is 186 g/mol. The van der Waals surface area contributed by atoms with Crippen molar-refractivity contribution in [1.82, 2.24) is 10.2 Å². The lowest BCUT2D eigenvalue weighted by Crippen LogP contribution is -2.31. The molecule has 13 heavy (non-hydrogen) atoms. The molecule has 0 bridgehead atoms. The van der Waals surface area contributed by atoms with Gasteiger partial charge in [0.1, 0.15) is 0 Å². The molecule has 4 heteroatoms. The fourth-order valence-electron chi connectivity index (χ4n) is 1.47. The third kappa shape index (κ3) is 4.36. The van der Waals surface area contributed by atoms with E-state index in [1.165, 1.54) is 0 Å². The topological polar surface area (TPSA) is 41.6 Å². The van der Waals surface area contributed by atoms with Crippen molar-refractivity contribution in [2.75, 3.05) is 46.4 Å². The number of methoxy groups -OCH3 is 1. The molecule has 0 spiro atoms. The second kappa shape index (κ2) is 6.07. The molecule has 0 atom stereocenters. The standard InChI is InChI=1S/C9H18N2O2/c1-13-6-2-4-11-5-3-10-7-9(12)8-11/h10H,2-8H2,1H3. The first-order chi connectivity index (χ1) is 6.33. The summed E-state index contributed by atoms with van der Waals surface area (Å²) in [7, 11) is 1.70. The first kappa shape index (κ1) is 10.6.